The van der Waals surface area contributed by atoms with Crippen LogP contribution >= 0.6 is 22.9 Å². The van der Waals surface area contributed by atoms with E-state index in [1.54, 1.807) is 6.92 Å². The highest BCUT2D eigenvalue weighted by Gasteiger charge is 2.16. The normalized spacial score (nSPS) is 14.2. The second kappa shape index (κ2) is 4.74. The van der Waals surface area contributed by atoms with Crippen molar-refractivity contribution in [2.75, 3.05) is 0 Å². The summed E-state index contributed by atoms with van der Waals surface area (Å²) in [5, 5.41) is 18.7. The first kappa shape index (κ1) is 11.9. The van der Waals surface area contributed by atoms with Crippen molar-refractivity contribution in [3.8, 4) is 6.07 Å². The summed E-state index contributed by atoms with van der Waals surface area (Å²) in [5.41, 5.74) is 0.962. The Morgan fingerprint density at radius 1 is 1.53 bits per heavy atom. The molecule has 1 aromatic heterocycles. The van der Waals surface area contributed by atoms with Gasteiger partial charge in [0.15, 0.2) is 0 Å². The van der Waals surface area contributed by atoms with Crippen molar-refractivity contribution in [1.82, 2.24) is 4.98 Å². The van der Waals surface area contributed by atoms with Crippen molar-refractivity contribution in [1.29, 1.82) is 5.26 Å². The highest BCUT2D eigenvalue weighted by Crippen LogP contribution is 2.29. The van der Waals surface area contributed by atoms with Gasteiger partial charge >= 0.3 is 0 Å². The van der Waals surface area contributed by atoms with Gasteiger partial charge < -0.3 is 5.11 Å². The number of alkyl halides is 1. The first-order valence-electron chi connectivity index (χ1n) is 4.96. The molecule has 0 saturated heterocycles. The summed E-state index contributed by atoms with van der Waals surface area (Å²) in [6.45, 7) is 1.61. The molecule has 0 bridgehead atoms. The molecule has 0 amide bonds. The van der Waals surface area contributed by atoms with Gasteiger partial charge in [-0.05, 0) is 19.1 Å². The number of nitrogens with zero attached hydrogens (tertiary/aromatic N) is 2. The Kier molecular flexibility index (Phi) is 3.32. The minimum absolute atomic E-state index is 0.131. The molecule has 1 heterocycles. The number of halogens is 1. The maximum atomic E-state index is 9.76. The summed E-state index contributed by atoms with van der Waals surface area (Å²) in [7, 11) is 0. The maximum absolute atomic E-state index is 9.76. The molecule has 5 heteroatoms. The third kappa shape index (κ3) is 2.26. The smallest absolute Gasteiger partial charge is 0.138 e. The van der Waals surface area contributed by atoms with E-state index in [4.69, 9.17) is 16.9 Å². The highest BCUT2D eigenvalue weighted by atomic mass is 35.5. The number of benzene rings is 1. The second-order valence-corrected chi connectivity index (χ2v) is 5.16. The van der Waals surface area contributed by atoms with E-state index in [1.165, 1.54) is 11.3 Å². The average molecular weight is 265 g/mol. The number of fused-ring (bicyclic) bond motifs is 1. The van der Waals surface area contributed by atoms with Gasteiger partial charge in [-0.3, -0.25) is 0 Å². The van der Waals surface area contributed by atoms with E-state index < -0.39 is 5.38 Å². The van der Waals surface area contributed by atoms with Crippen LogP contribution in [0.15, 0.2) is 30.0 Å². The van der Waals surface area contributed by atoms with Crippen molar-refractivity contribution < 1.29 is 5.11 Å². The predicted octanol–water partition coefficient (Wildman–Crippen LogP) is 3.72. The van der Waals surface area contributed by atoms with E-state index in [9.17, 15) is 5.11 Å². The van der Waals surface area contributed by atoms with E-state index in [2.05, 4.69) is 4.98 Å². The molecule has 0 fully saturated rings. The van der Waals surface area contributed by atoms with Gasteiger partial charge in [-0.1, -0.05) is 12.1 Å². The summed E-state index contributed by atoms with van der Waals surface area (Å²) in [6.07, 6.45) is 0. The molecule has 2 aromatic rings. The Bertz CT molecular complexity index is 592. The molecule has 1 unspecified atom stereocenters. The van der Waals surface area contributed by atoms with Crippen LogP contribution in [0.1, 0.15) is 11.9 Å². The van der Waals surface area contributed by atoms with Crippen molar-refractivity contribution in [3.63, 3.8) is 0 Å². The number of para-hydroxylation sites is 1. The first-order chi connectivity index (χ1) is 8.13. The Labute approximate surface area is 108 Å². The molecule has 0 aliphatic rings. The molecule has 1 atom stereocenters. The molecule has 0 spiro atoms. The maximum Gasteiger partial charge on any atom is 0.138 e. The lowest BCUT2D eigenvalue weighted by Gasteiger charge is -2.02. The van der Waals surface area contributed by atoms with Crippen LogP contribution in [0.25, 0.3) is 15.8 Å². The van der Waals surface area contributed by atoms with Gasteiger partial charge in [0.25, 0.3) is 0 Å². The zero-order valence-corrected chi connectivity index (χ0v) is 10.6. The van der Waals surface area contributed by atoms with E-state index in [0.29, 0.717) is 5.01 Å². The molecule has 0 aliphatic heterocycles. The number of thiazole rings is 1. The molecule has 3 nitrogen and oxygen atoms in total. The van der Waals surface area contributed by atoms with Gasteiger partial charge in [-0.2, -0.15) is 5.26 Å². The standard InChI is InChI=1S/C12H9ClN2OS/c1-7(13)11(16)8(6-14)12-15-9-4-2-3-5-10(9)17-12/h2-5,7,16H,1H3. The molecular formula is C12H9ClN2OS. The van der Waals surface area contributed by atoms with E-state index in [1.807, 2.05) is 30.3 Å². The molecule has 0 radical (unpaired) electrons. The minimum Gasteiger partial charge on any atom is -0.509 e. The average Bonchev–Trinajstić information content (AvgIpc) is 2.72. The fraction of sp³-hybridized carbons (Fsp3) is 0.167. The number of aliphatic hydroxyl groups excluding tert-OH is 1. The quantitative estimate of drug-likeness (QED) is 0.511. The van der Waals surface area contributed by atoms with E-state index in [-0.39, 0.29) is 11.3 Å². The molecule has 0 aliphatic carbocycles. The van der Waals surface area contributed by atoms with Crippen LogP contribution in [0.2, 0.25) is 0 Å². The van der Waals surface area contributed by atoms with Crippen molar-refractivity contribution in [2.45, 2.75) is 12.3 Å². The Balaban J connectivity index is 2.60. The van der Waals surface area contributed by atoms with E-state index in [0.717, 1.165) is 10.2 Å². The molecule has 2 rings (SSSR count). The van der Waals surface area contributed by atoms with Crippen molar-refractivity contribution in [2.24, 2.45) is 0 Å². The number of aromatic nitrogens is 1. The summed E-state index contributed by atoms with van der Waals surface area (Å²) < 4.78 is 0.977. The topological polar surface area (TPSA) is 56.9 Å². The predicted molar refractivity (Wildman–Crippen MR) is 70.1 cm³/mol. The lowest BCUT2D eigenvalue weighted by molar-refractivity contribution is 0.400. The van der Waals surface area contributed by atoms with Gasteiger partial charge in [-0.15, -0.1) is 22.9 Å². The number of allylic oxidation sites excluding steroid dienone is 2. The van der Waals surface area contributed by atoms with Crippen LogP contribution in [-0.2, 0) is 0 Å². The summed E-state index contributed by atoms with van der Waals surface area (Å²) in [5.74, 6) is -0.131. The van der Waals surface area contributed by atoms with Gasteiger partial charge in [0.2, 0.25) is 0 Å². The van der Waals surface area contributed by atoms with Gasteiger partial charge in [-0.25, -0.2) is 4.98 Å². The number of hydrogen-bond donors (Lipinski definition) is 1. The minimum atomic E-state index is -0.600. The highest BCUT2D eigenvalue weighted by molar-refractivity contribution is 7.19. The molecule has 86 valence electrons. The number of rotatable bonds is 2. The third-order valence-electron chi connectivity index (χ3n) is 2.25. The number of hydrogen-bond acceptors (Lipinski definition) is 4. The van der Waals surface area contributed by atoms with Crippen LogP contribution in [0.4, 0.5) is 0 Å². The van der Waals surface area contributed by atoms with Gasteiger partial charge in [0.05, 0.1) is 15.6 Å². The van der Waals surface area contributed by atoms with Gasteiger partial charge in [0, 0.05) is 0 Å². The molecule has 0 saturated carbocycles. The van der Waals surface area contributed by atoms with Crippen molar-refractivity contribution in [3.05, 3.63) is 35.0 Å². The van der Waals surface area contributed by atoms with Crippen molar-refractivity contribution >= 4 is 38.7 Å². The van der Waals surface area contributed by atoms with Crippen LogP contribution < -0.4 is 0 Å². The fourth-order valence-corrected chi connectivity index (χ4v) is 2.47. The summed E-state index contributed by atoms with van der Waals surface area (Å²) >= 11 is 7.13. The second-order valence-electron chi connectivity index (χ2n) is 3.47. The Morgan fingerprint density at radius 3 is 2.82 bits per heavy atom. The zero-order chi connectivity index (χ0) is 12.4. The van der Waals surface area contributed by atoms with Crippen LogP contribution in [0.5, 0.6) is 0 Å². The summed E-state index contributed by atoms with van der Waals surface area (Å²) in [6, 6.07) is 9.53. The molecule has 17 heavy (non-hydrogen) atoms. The molecular weight excluding hydrogens is 256 g/mol. The largest absolute Gasteiger partial charge is 0.509 e. The van der Waals surface area contributed by atoms with E-state index >= 15 is 0 Å². The van der Waals surface area contributed by atoms with Crippen LogP contribution in [0.3, 0.4) is 0 Å². The third-order valence-corrected chi connectivity index (χ3v) is 3.51. The Morgan fingerprint density at radius 2 is 2.24 bits per heavy atom. The van der Waals surface area contributed by atoms with Crippen LogP contribution in [0, 0.1) is 11.3 Å². The lowest BCUT2D eigenvalue weighted by atomic mass is 10.2. The first-order valence-corrected chi connectivity index (χ1v) is 6.22. The molecule has 1 N–H and O–H groups in total. The van der Waals surface area contributed by atoms with Gasteiger partial charge in [0.1, 0.15) is 22.4 Å². The van der Waals surface area contributed by atoms with Crippen LogP contribution in [-0.4, -0.2) is 15.5 Å². The zero-order valence-electron chi connectivity index (χ0n) is 9.01. The monoisotopic (exact) mass is 264 g/mol. The Hall–Kier alpha value is -1.57. The lowest BCUT2D eigenvalue weighted by Crippen LogP contribution is -1.99. The molecule has 1 aromatic carbocycles. The SMILES string of the molecule is CC(Cl)C(O)=C(C#N)c1nc2ccccc2s1. The number of nitriles is 1. The number of aliphatic hydroxyl groups is 1. The fourth-order valence-electron chi connectivity index (χ4n) is 1.39. The summed E-state index contributed by atoms with van der Waals surface area (Å²) in [4.78, 5) is 4.31.